The van der Waals surface area contributed by atoms with Gasteiger partial charge in [0.1, 0.15) is 11.9 Å². The van der Waals surface area contributed by atoms with Crippen LogP contribution in [0, 0.1) is 0 Å². The summed E-state index contributed by atoms with van der Waals surface area (Å²) in [5.41, 5.74) is 3.61. The highest BCUT2D eigenvalue weighted by molar-refractivity contribution is 6.34. The average molecular weight is 271 g/mol. The number of hydrogen-bond acceptors (Lipinski definition) is 4. The number of aliphatic carboxylic acids is 1. The number of benzene rings is 1. The van der Waals surface area contributed by atoms with Crippen molar-refractivity contribution in [1.29, 1.82) is 0 Å². The fourth-order valence-corrected chi connectivity index (χ4v) is 1.49. The summed E-state index contributed by atoms with van der Waals surface area (Å²) in [5, 5.41) is 13.0. The van der Waals surface area contributed by atoms with Gasteiger partial charge in [0.2, 0.25) is 0 Å². The Morgan fingerprint density at radius 1 is 1.61 bits per heavy atom. The Labute approximate surface area is 110 Å². The third-order valence-electron chi connectivity index (χ3n) is 2.28. The van der Waals surface area contributed by atoms with Crippen molar-refractivity contribution in [2.24, 2.45) is 5.10 Å². The molecule has 0 bridgehead atoms. The summed E-state index contributed by atoms with van der Waals surface area (Å²) in [7, 11) is 1.52. The quantitative estimate of drug-likeness (QED) is 0.471. The van der Waals surface area contributed by atoms with E-state index >= 15 is 0 Å². The maximum atomic E-state index is 10.6. The van der Waals surface area contributed by atoms with Crippen LogP contribution in [0.15, 0.2) is 29.4 Å². The van der Waals surface area contributed by atoms with Crippen molar-refractivity contribution >= 4 is 23.3 Å². The van der Waals surface area contributed by atoms with Crippen molar-refractivity contribution in [2.45, 2.75) is 19.6 Å². The Morgan fingerprint density at radius 3 is 2.89 bits per heavy atom. The van der Waals surface area contributed by atoms with Crippen LogP contribution in [0.2, 0.25) is 5.02 Å². The maximum absolute atomic E-state index is 10.6. The van der Waals surface area contributed by atoms with Gasteiger partial charge in [-0.1, -0.05) is 23.7 Å². The second-order valence-electron chi connectivity index (χ2n) is 3.69. The number of hydrogen-bond donors (Lipinski definition) is 2. The number of ether oxygens (including phenoxy) is 1. The molecule has 2 N–H and O–H groups in total. The predicted octanol–water partition coefficient (Wildman–Crippen LogP) is 1.91. The van der Waals surface area contributed by atoms with Crippen LogP contribution < -0.4 is 5.43 Å². The first kappa shape index (κ1) is 14.5. The summed E-state index contributed by atoms with van der Waals surface area (Å²) in [6.07, 6.45) is 0.130. The molecule has 1 rings (SSSR count). The first-order valence-electron chi connectivity index (χ1n) is 5.33. The molecule has 98 valence electrons. The SMILES string of the molecule is COC(Cc1cccc(Cl)c1)NN=C(C)C(=O)O. The number of hydrazone groups is 1. The summed E-state index contributed by atoms with van der Waals surface area (Å²) < 4.78 is 5.17. The summed E-state index contributed by atoms with van der Waals surface area (Å²) in [6.45, 7) is 1.40. The minimum absolute atomic E-state index is 0.0249. The highest BCUT2D eigenvalue weighted by Crippen LogP contribution is 2.12. The molecule has 1 atom stereocenters. The van der Waals surface area contributed by atoms with Crippen LogP contribution in [-0.4, -0.2) is 30.1 Å². The molecular weight excluding hydrogens is 256 g/mol. The minimum atomic E-state index is -1.07. The molecule has 5 nitrogen and oxygen atoms in total. The predicted molar refractivity (Wildman–Crippen MR) is 69.8 cm³/mol. The summed E-state index contributed by atoms with van der Waals surface area (Å²) in [4.78, 5) is 10.6. The van der Waals surface area contributed by atoms with E-state index in [0.717, 1.165) is 5.56 Å². The molecular formula is C12H15ClN2O3. The summed E-state index contributed by atoms with van der Waals surface area (Å²) in [6, 6.07) is 7.36. The van der Waals surface area contributed by atoms with E-state index in [1.54, 1.807) is 6.07 Å². The zero-order chi connectivity index (χ0) is 13.5. The molecule has 0 saturated heterocycles. The molecule has 18 heavy (non-hydrogen) atoms. The number of carboxylic acids is 1. The van der Waals surface area contributed by atoms with Crippen LogP contribution in [0.5, 0.6) is 0 Å². The molecule has 0 amide bonds. The number of rotatable bonds is 6. The van der Waals surface area contributed by atoms with E-state index < -0.39 is 12.2 Å². The van der Waals surface area contributed by atoms with E-state index in [4.69, 9.17) is 21.4 Å². The van der Waals surface area contributed by atoms with Gasteiger partial charge in [-0.25, -0.2) is 4.79 Å². The smallest absolute Gasteiger partial charge is 0.351 e. The molecule has 1 aromatic rings. The van der Waals surface area contributed by atoms with Gasteiger partial charge in [0, 0.05) is 18.6 Å². The second kappa shape index (κ2) is 6.98. The fraction of sp³-hybridized carbons (Fsp3) is 0.333. The van der Waals surface area contributed by atoms with Gasteiger partial charge in [0.05, 0.1) is 0 Å². The average Bonchev–Trinajstić information content (AvgIpc) is 2.33. The van der Waals surface area contributed by atoms with Crippen LogP contribution in [0.4, 0.5) is 0 Å². The molecule has 0 aliphatic carbocycles. The van der Waals surface area contributed by atoms with Crippen molar-refractivity contribution < 1.29 is 14.6 Å². The van der Waals surface area contributed by atoms with Crippen molar-refractivity contribution in [2.75, 3.05) is 7.11 Å². The molecule has 0 fully saturated rings. The first-order chi connectivity index (χ1) is 8.52. The van der Waals surface area contributed by atoms with Crippen LogP contribution >= 0.6 is 11.6 Å². The van der Waals surface area contributed by atoms with Crippen molar-refractivity contribution in [3.05, 3.63) is 34.9 Å². The van der Waals surface area contributed by atoms with Gasteiger partial charge in [0.25, 0.3) is 0 Å². The number of carbonyl (C=O) groups is 1. The van der Waals surface area contributed by atoms with E-state index in [1.807, 2.05) is 18.2 Å². The summed E-state index contributed by atoms with van der Waals surface area (Å²) >= 11 is 5.87. The van der Waals surface area contributed by atoms with Crippen LogP contribution in [-0.2, 0) is 16.0 Å². The molecule has 6 heteroatoms. The van der Waals surface area contributed by atoms with Crippen LogP contribution in [0.25, 0.3) is 0 Å². The lowest BCUT2D eigenvalue weighted by molar-refractivity contribution is -0.129. The second-order valence-corrected chi connectivity index (χ2v) is 4.13. The number of carboxylic acid groups (broad SMARTS) is 1. The molecule has 0 aliphatic heterocycles. The zero-order valence-electron chi connectivity index (χ0n) is 10.2. The lowest BCUT2D eigenvalue weighted by atomic mass is 10.1. The van der Waals surface area contributed by atoms with Crippen molar-refractivity contribution in [3.8, 4) is 0 Å². The number of nitrogens with zero attached hydrogens (tertiary/aromatic N) is 1. The monoisotopic (exact) mass is 270 g/mol. The van der Waals surface area contributed by atoms with Crippen molar-refractivity contribution in [3.63, 3.8) is 0 Å². The molecule has 0 saturated carbocycles. The number of halogens is 1. The first-order valence-corrected chi connectivity index (χ1v) is 5.71. The fourth-order valence-electron chi connectivity index (χ4n) is 1.28. The Hall–Kier alpha value is -1.59. The van der Waals surface area contributed by atoms with Gasteiger partial charge in [-0.2, -0.15) is 5.10 Å². The van der Waals surface area contributed by atoms with Gasteiger partial charge in [-0.05, 0) is 24.6 Å². The normalized spacial score (nSPS) is 13.2. The van der Waals surface area contributed by atoms with Gasteiger partial charge in [-0.15, -0.1) is 0 Å². The van der Waals surface area contributed by atoms with E-state index in [-0.39, 0.29) is 5.71 Å². The standard InChI is InChI=1S/C12H15ClN2O3/c1-8(12(16)17)14-15-11(18-2)7-9-4-3-5-10(13)6-9/h3-6,11,15H,7H2,1-2H3,(H,16,17). The molecule has 0 heterocycles. The third-order valence-corrected chi connectivity index (χ3v) is 2.52. The molecule has 1 aromatic carbocycles. The minimum Gasteiger partial charge on any atom is -0.477 e. The molecule has 0 aliphatic rings. The van der Waals surface area contributed by atoms with Gasteiger partial charge in [-0.3, -0.25) is 5.43 Å². The van der Waals surface area contributed by atoms with Gasteiger partial charge in [0.15, 0.2) is 0 Å². The van der Waals surface area contributed by atoms with E-state index in [2.05, 4.69) is 10.5 Å². The van der Waals surface area contributed by atoms with Gasteiger partial charge >= 0.3 is 5.97 Å². The Balaban J connectivity index is 2.63. The maximum Gasteiger partial charge on any atom is 0.351 e. The zero-order valence-corrected chi connectivity index (χ0v) is 10.9. The number of methoxy groups -OCH3 is 1. The third kappa shape index (κ3) is 4.73. The van der Waals surface area contributed by atoms with Crippen LogP contribution in [0.1, 0.15) is 12.5 Å². The van der Waals surface area contributed by atoms with E-state index in [9.17, 15) is 4.79 Å². The Bertz CT molecular complexity index is 449. The van der Waals surface area contributed by atoms with E-state index in [0.29, 0.717) is 11.4 Å². The van der Waals surface area contributed by atoms with E-state index in [1.165, 1.54) is 14.0 Å². The Kier molecular flexibility index (Phi) is 5.61. The lowest BCUT2D eigenvalue weighted by Gasteiger charge is -2.15. The molecule has 0 spiro atoms. The molecule has 0 radical (unpaired) electrons. The Morgan fingerprint density at radius 2 is 2.33 bits per heavy atom. The summed E-state index contributed by atoms with van der Waals surface area (Å²) in [5.74, 6) is -1.07. The van der Waals surface area contributed by atoms with Crippen LogP contribution in [0.3, 0.4) is 0 Å². The highest BCUT2D eigenvalue weighted by Gasteiger charge is 2.08. The molecule has 1 unspecified atom stereocenters. The number of nitrogens with one attached hydrogen (secondary N) is 1. The topological polar surface area (TPSA) is 70.9 Å². The highest BCUT2D eigenvalue weighted by atomic mass is 35.5. The van der Waals surface area contributed by atoms with Gasteiger partial charge < -0.3 is 9.84 Å². The molecule has 0 aromatic heterocycles. The largest absolute Gasteiger partial charge is 0.477 e. The lowest BCUT2D eigenvalue weighted by Crippen LogP contribution is -2.30. The van der Waals surface area contributed by atoms with Crippen molar-refractivity contribution in [1.82, 2.24) is 5.43 Å².